The Balaban J connectivity index is 1.50. The van der Waals surface area contributed by atoms with Crippen LogP contribution in [-0.2, 0) is 13.0 Å². The zero-order valence-electron chi connectivity index (χ0n) is 16.5. The summed E-state index contributed by atoms with van der Waals surface area (Å²) >= 11 is 0. The molecule has 1 fully saturated rings. The second-order valence-corrected chi connectivity index (χ2v) is 7.36. The molecule has 5 nitrogen and oxygen atoms in total. The number of anilines is 1. The highest BCUT2D eigenvalue weighted by molar-refractivity contribution is 5.80. The monoisotopic (exact) mass is 379 g/mol. The summed E-state index contributed by atoms with van der Waals surface area (Å²) in [6.45, 7) is 6.92. The minimum absolute atomic E-state index is 0.261. The van der Waals surface area contributed by atoms with E-state index in [1.165, 1.54) is 10.5 Å². The molecule has 0 atom stereocenters. The summed E-state index contributed by atoms with van der Waals surface area (Å²) in [5.74, 6) is 0.921. The molecule has 0 radical (unpaired) electrons. The third-order valence-electron chi connectivity index (χ3n) is 5.64. The van der Waals surface area contributed by atoms with Crippen molar-refractivity contribution >= 4 is 16.7 Å². The van der Waals surface area contributed by atoms with E-state index in [4.69, 9.17) is 9.15 Å². The third-order valence-corrected chi connectivity index (χ3v) is 5.64. The molecule has 1 N–H and O–H groups in total. The van der Waals surface area contributed by atoms with Crippen molar-refractivity contribution < 1.29 is 14.1 Å². The largest absolute Gasteiger partial charge is 0.495 e. The van der Waals surface area contributed by atoms with Crippen LogP contribution in [-0.4, -0.2) is 33.3 Å². The van der Waals surface area contributed by atoms with Gasteiger partial charge in [-0.15, -0.1) is 0 Å². The fraction of sp³-hybridized carbons (Fsp3) is 0.348. The van der Waals surface area contributed by atoms with Crippen LogP contribution in [0.4, 0.5) is 5.69 Å². The number of quaternary nitrogens is 1. The summed E-state index contributed by atoms with van der Waals surface area (Å²) in [6.07, 6.45) is 0.931. The van der Waals surface area contributed by atoms with Crippen molar-refractivity contribution in [2.24, 2.45) is 0 Å². The molecular weight excluding hydrogens is 352 g/mol. The summed E-state index contributed by atoms with van der Waals surface area (Å²) in [6, 6.07) is 16.1. The summed E-state index contributed by atoms with van der Waals surface area (Å²) in [7, 11) is 1.72. The molecular formula is C23H27N2O3+. The number of nitrogens with one attached hydrogen (secondary N) is 1. The molecule has 146 valence electrons. The van der Waals surface area contributed by atoms with Gasteiger partial charge in [0, 0.05) is 17.0 Å². The van der Waals surface area contributed by atoms with Crippen LogP contribution >= 0.6 is 0 Å². The van der Waals surface area contributed by atoms with E-state index in [-0.39, 0.29) is 5.63 Å². The molecule has 1 saturated heterocycles. The lowest BCUT2D eigenvalue weighted by Gasteiger charge is -2.34. The van der Waals surface area contributed by atoms with Crippen molar-refractivity contribution in [3.05, 3.63) is 70.1 Å². The minimum atomic E-state index is -0.261. The zero-order chi connectivity index (χ0) is 19.5. The van der Waals surface area contributed by atoms with Crippen molar-refractivity contribution in [3.63, 3.8) is 0 Å². The third kappa shape index (κ3) is 3.76. The van der Waals surface area contributed by atoms with Crippen molar-refractivity contribution in [1.82, 2.24) is 0 Å². The first-order chi connectivity index (χ1) is 13.7. The lowest BCUT2D eigenvalue weighted by molar-refractivity contribution is -0.914. The van der Waals surface area contributed by atoms with Crippen molar-refractivity contribution in [3.8, 4) is 5.75 Å². The van der Waals surface area contributed by atoms with Gasteiger partial charge in [0.1, 0.15) is 17.9 Å². The number of aryl methyl sites for hydroxylation is 1. The van der Waals surface area contributed by atoms with Gasteiger partial charge >= 0.3 is 5.63 Å². The Morgan fingerprint density at radius 2 is 1.89 bits per heavy atom. The van der Waals surface area contributed by atoms with Gasteiger partial charge in [-0.1, -0.05) is 31.2 Å². The van der Waals surface area contributed by atoms with Crippen LogP contribution < -0.4 is 20.2 Å². The quantitative estimate of drug-likeness (QED) is 0.691. The van der Waals surface area contributed by atoms with Crippen LogP contribution in [0.3, 0.4) is 0 Å². The molecule has 4 rings (SSSR count). The minimum Gasteiger partial charge on any atom is -0.495 e. The topological polar surface area (TPSA) is 47.1 Å². The number of hydrogen-bond acceptors (Lipinski definition) is 4. The highest BCUT2D eigenvalue weighted by Crippen LogP contribution is 2.27. The zero-order valence-corrected chi connectivity index (χ0v) is 16.5. The van der Waals surface area contributed by atoms with Crippen molar-refractivity contribution in [1.29, 1.82) is 0 Å². The number of piperazine rings is 1. The molecule has 0 saturated carbocycles. The molecule has 5 heteroatoms. The molecule has 2 heterocycles. The first kappa shape index (κ1) is 18.6. The maximum absolute atomic E-state index is 12.1. The number of ether oxygens (including phenoxy) is 1. The highest BCUT2D eigenvalue weighted by atomic mass is 16.5. The summed E-state index contributed by atoms with van der Waals surface area (Å²) in [5.41, 5.74) is 3.86. The predicted molar refractivity (Wildman–Crippen MR) is 111 cm³/mol. The van der Waals surface area contributed by atoms with E-state index in [0.29, 0.717) is 5.58 Å². The number of rotatable bonds is 5. The lowest BCUT2D eigenvalue weighted by atomic mass is 10.1. The predicted octanol–water partition coefficient (Wildman–Crippen LogP) is 2.27. The van der Waals surface area contributed by atoms with Crippen LogP contribution in [0.1, 0.15) is 18.1 Å². The van der Waals surface area contributed by atoms with E-state index >= 15 is 0 Å². The Bertz CT molecular complexity index is 1020. The van der Waals surface area contributed by atoms with Crippen LogP contribution in [0.25, 0.3) is 11.0 Å². The summed E-state index contributed by atoms with van der Waals surface area (Å²) < 4.78 is 11.0. The molecule has 28 heavy (non-hydrogen) atoms. The Kier molecular flexibility index (Phi) is 5.35. The Labute approximate surface area is 165 Å². The fourth-order valence-corrected chi connectivity index (χ4v) is 4.04. The first-order valence-corrected chi connectivity index (χ1v) is 9.95. The van der Waals surface area contributed by atoms with E-state index in [1.807, 2.05) is 18.2 Å². The molecule has 1 aromatic heterocycles. The standard InChI is InChI=1S/C23H26N2O3/c1-3-17-8-9-19-18(15-23(26)28-22(19)14-17)16-24-10-12-25(13-11-24)20-6-4-5-7-21(20)27-2/h4-9,14-15H,3,10-13,16H2,1-2H3/p+1. The molecule has 0 unspecified atom stereocenters. The second kappa shape index (κ2) is 8.07. The Morgan fingerprint density at radius 3 is 2.64 bits per heavy atom. The van der Waals surface area contributed by atoms with Crippen LogP contribution in [0.2, 0.25) is 0 Å². The Hall–Kier alpha value is -2.79. The number of hydrogen-bond donors (Lipinski definition) is 1. The molecule has 2 aromatic carbocycles. The fourth-order valence-electron chi connectivity index (χ4n) is 4.04. The lowest BCUT2D eigenvalue weighted by Crippen LogP contribution is -3.13. The highest BCUT2D eigenvalue weighted by Gasteiger charge is 2.23. The van der Waals surface area contributed by atoms with Gasteiger partial charge in [-0.05, 0) is 30.2 Å². The Morgan fingerprint density at radius 1 is 1.11 bits per heavy atom. The average Bonchev–Trinajstić information content (AvgIpc) is 2.73. The molecule has 0 aliphatic carbocycles. The second-order valence-electron chi connectivity index (χ2n) is 7.36. The number of fused-ring (bicyclic) bond motifs is 1. The van der Waals surface area contributed by atoms with E-state index in [2.05, 4.69) is 36.1 Å². The molecule has 1 aliphatic heterocycles. The summed E-state index contributed by atoms with van der Waals surface area (Å²) in [4.78, 5) is 15.9. The first-order valence-electron chi connectivity index (χ1n) is 9.95. The van der Waals surface area contributed by atoms with Crippen molar-refractivity contribution in [2.45, 2.75) is 19.9 Å². The van der Waals surface area contributed by atoms with E-state index in [0.717, 1.165) is 61.5 Å². The molecule has 0 spiro atoms. The maximum atomic E-state index is 12.1. The van der Waals surface area contributed by atoms with Crippen LogP contribution in [0.5, 0.6) is 5.75 Å². The molecule has 1 aliphatic rings. The van der Waals surface area contributed by atoms with Gasteiger partial charge in [0.2, 0.25) is 0 Å². The van der Waals surface area contributed by atoms with Gasteiger partial charge in [0.05, 0.1) is 39.0 Å². The van der Waals surface area contributed by atoms with Crippen LogP contribution in [0, 0.1) is 0 Å². The maximum Gasteiger partial charge on any atom is 0.336 e. The van der Waals surface area contributed by atoms with Crippen molar-refractivity contribution in [2.75, 3.05) is 38.2 Å². The van der Waals surface area contributed by atoms with Gasteiger partial charge in [0.25, 0.3) is 0 Å². The van der Waals surface area contributed by atoms with Crippen LogP contribution in [0.15, 0.2) is 57.7 Å². The normalized spacial score (nSPS) is 15.1. The summed E-state index contributed by atoms with van der Waals surface area (Å²) in [5, 5.41) is 1.05. The molecule has 0 bridgehead atoms. The number of para-hydroxylation sites is 2. The molecule has 3 aromatic rings. The van der Waals surface area contributed by atoms with Gasteiger partial charge in [0.15, 0.2) is 0 Å². The molecule has 0 amide bonds. The number of nitrogens with zero attached hydrogens (tertiary/aromatic N) is 1. The average molecular weight is 379 g/mol. The van der Waals surface area contributed by atoms with E-state index < -0.39 is 0 Å². The van der Waals surface area contributed by atoms with Gasteiger partial charge in [-0.3, -0.25) is 0 Å². The SMILES string of the molecule is CCc1ccc2c(C[NH+]3CCN(c4ccccc4OC)CC3)cc(=O)oc2c1. The van der Waals surface area contributed by atoms with Gasteiger partial charge in [-0.2, -0.15) is 0 Å². The van der Waals surface area contributed by atoms with E-state index in [9.17, 15) is 4.79 Å². The number of benzene rings is 2. The number of methoxy groups -OCH3 is 1. The van der Waals surface area contributed by atoms with Gasteiger partial charge < -0.3 is 19.0 Å². The smallest absolute Gasteiger partial charge is 0.336 e. The van der Waals surface area contributed by atoms with Gasteiger partial charge in [-0.25, -0.2) is 4.79 Å². The van der Waals surface area contributed by atoms with E-state index in [1.54, 1.807) is 13.2 Å².